The van der Waals surface area contributed by atoms with E-state index in [9.17, 15) is 19.7 Å². The summed E-state index contributed by atoms with van der Waals surface area (Å²) in [4.78, 5) is 36.3. The lowest BCUT2D eigenvalue weighted by atomic mass is 10.1. The van der Waals surface area contributed by atoms with Gasteiger partial charge in [0.15, 0.2) is 0 Å². The molecule has 1 saturated heterocycles. The molecule has 0 saturated carbocycles. The fourth-order valence-electron chi connectivity index (χ4n) is 3.18. The van der Waals surface area contributed by atoms with E-state index in [1.807, 2.05) is 0 Å². The summed E-state index contributed by atoms with van der Waals surface area (Å²) >= 11 is 9.18. The highest BCUT2D eigenvalue weighted by atomic mass is 79.9. The second kappa shape index (κ2) is 9.43. The molecule has 1 fully saturated rings. The van der Waals surface area contributed by atoms with Gasteiger partial charge in [0.1, 0.15) is 12.2 Å². The predicted octanol–water partition coefficient (Wildman–Crippen LogP) is 5.05. The Balaban J connectivity index is 1.63. The molecule has 33 heavy (non-hydrogen) atoms. The average molecular weight is 529 g/mol. The third-order valence-corrected chi connectivity index (χ3v) is 5.60. The highest BCUT2D eigenvalue weighted by molar-refractivity contribution is 9.10. The van der Waals surface area contributed by atoms with Crippen LogP contribution in [-0.2, 0) is 16.2 Å². The number of ether oxygens (including phenoxy) is 1. The van der Waals surface area contributed by atoms with Crippen LogP contribution in [0, 0.1) is 10.1 Å². The van der Waals surface area contributed by atoms with Gasteiger partial charge in [0.05, 0.1) is 15.1 Å². The molecule has 0 spiro atoms. The minimum Gasteiger partial charge on any atom is -0.481 e. The molecule has 0 aromatic heterocycles. The first-order chi connectivity index (χ1) is 15.8. The summed E-state index contributed by atoms with van der Waals surface area (Å²) in [7, 11) is 0. The van der Waals surface area contributed by atoms with E-state index < -0.39 is 16.7 Å². The van der Waals surface area contributed by atoms with Crippen molar-refractivity contribution in [3.8, 4) is 5.75 Å². The molecule has 1 aliphatic rings. The van der Waals surface area contributed by atoms with Crippen LogP contribution in [0.2, 0.25) is 5.02 Å². The van der Waals surface area contributed by atoms with Crippen molar-refractivity contribution in [2.45, 2.75) is 6.61 Å². The van der Waals surface area contributed by atoms with Gasteiger partial charge in [-0.2, -0.15) is 0 Å². The van der Waals surface area contributed by atoms with Crippen molar-refractivity contribution in [2.75, 3.05) is 5.01 Å². The number of nitro benzene ring substituents is 1. The Morgan fingerprint density at radius 3 is 2.45 bits per heavy atom. The fourth-order valence-corrected chi connectivity index (χ4v) is 3.89. The molecule has 10 heteroatoms. The van der Waals surface area contributed by atoms with E-state index in [1.165, 1.54) is 12.1 Å². The summed E-state index contributed by atoms with van der Waals surface area (Å²) in [5.74, 6) is -1.14. The van der Waals surface area contributed by atoms with Crippen LogP contribution in [0.15, 0.2) is 76.8 Å². The molecule has 3 aromatic rings. The zero-order chi connectivity index (χ0) is 23.5. The molecular formula is C23H15BrClN3O5. The molecule has 3 aromatic carbocycles. The molecule has 1 aliphatic heterocycles. The number of benzene rings is 3. The molecule has 4 rings (SSSR count). The summed E-state index contributed by atoms with van der Waals surface area (Å²) in [6.07, 6.45) is 1.31. The third kappa shape index (κ3) is 4.89. The van der Waals surface area contributed by atoms with Crippen LogP contribution in [0.3, 0.4) is 0 Å². The number of nitro groups is 1. The molecule has 2 amide bonds. The number of rotatable bonds is 6. The Morgan fingerprint density at radius 1 is 1.09 bits per heavy atom. The van der Waals surface area contributed by atoms with Gasteiger partial charge in [-0.1, -0.05) is 41.9 Å². The Kier molecular flexibility index (Phi) is 6.43. The molecule has 1 N–H and O–H groups in total. The number of hydrogen-bond acceptors (Lipinski definition) is 5. The van der Waals surface area contributed by atoms with Gasteiger partial charge in [-0.25, -0.2) is 5.01 Å². The van der Waals surface area contributed by atoms with E-state index in [4.69, 9.17) is 16.3 Å². The van der Waals surface area contributed by atoms with Crippen LogP contribution < -0.4 is 15.2 Å². The van der Waals surface area contributed by atoms with Crippen LogP contribution in [-0.4, -0.2) is 16.7 Å². The van der Waals surface area contributed by atoms with Crippen LogP contribution in [0.4, 0.5) is 11.4 Å². The van der Waals surface area contributed by atoms with Gasteiger partial charge < -0.3 is 4.74 Å². The number of carbonyl (C=O) groups is 2. The summed E-state index contributed by atoms with van der Waals surface area (Å²) in [6.45, 7) is 0.0873. The largest absolute Gasteiger partial charge is 0.481 e. The number of nitrogens with one attached hydrogen (secondary N) is 1. The van der Waals surface area contributed by atoms with Crippen molar-refractivity contribution in [1.29, 1.82) is 0 Å². The van der Waals surface area contributed by atoms with E-state index in [-0.39, 0.29) is 23.6 Å². The Labute approximate surface area is 201 Å². The first-order valence-electron chi connectivity index (χ1n) is 9.61. The fraction of sp³-hybridized carbons (Fsp3) is 0.0435. The lowest BCUT2D eigenvalue weighted by Crippen LogP contribution is -2.35. The van der Waals surface area contributed by atoms with Gasteiger partial charge in [0.25, 0.3) is 11.8 Å². The maximum atomic E-state index is 12.8. The summed E-state index contributed by atoms with van der Waals surface area (Å²) in [6, 6.07) is 18.3. The molecule has 0 bridgehead atoms. The quantitative estimate of drug-likeness (QED) is 0.209. The van der Waals surface area contributed by atoms with Crippen LogP contribution in [0.5, 0.6) is 5.75 Å². The number of halogens is 2. The predicted molar refractivity (Wildman–Crippen MR) is 127 cm³/mol. The maximum absolute atomic E-state index is 12.8. The molecule has 166 valence electrons. The van der Waals surface area contributed by atoms with E-state index in [1.54, 1.807) is 60.7 Å². The van der Waals surface area contributed by atoms with Gasteiger partial charge in [0.2, 0.25) is 5.75 Å². The number of hydrogen-bond donors (Lipinski definition) is 1. The number of para-hydroxylation sites is 1. The normalized spacial score (nSPS) is 14.5. The van der Waals surface area contributed by atoms with E-state index in [2.05, 4.69) is 21.4 Å². The lowest BCUT2D eigenvalue weighted by Gasteiger charge is -2.13. The van der Waals surface area contributed by atoms with E-state index >= 15 is 0 Å². The first-order valence-corrected chi connectivity index (χ1v) is 10.8. The molecular weight excluding hydrogens is 514 g/mol. The third-order valence-electron chi connectivity index (χ3n) is 4.76. The Morgan fingerprint density at radius 2 is 1.79 bits per heavy atom. The minimum absolute atomic E-state index is 0.0326. The molecule has 0 aliphatic carbocycles. The standard InChI is InChI=1S/C23H15BrClN3O5/c24-19-11-15(10-18-22(29)26-27(23(18)30)17-4-2-1-3-5-17)12-20(28(31)32)21(19)33-13-14-6-8-16(25)9-7-14/h1-12H,13H2,(H,26,29)/b18-10-. The highest BCUT2D eigenvalue weighted by Crippen LogP contribution is 2.38. The second-order valence-electron chi connectivity index (χ2n) is 7.00. The average Bonchev–Trinajstić information content (AvgIpc) is 3.08. The van der Waals surface area contributed by atoms with Crippen molar-refractivity contribution >= 4 is 56.8 Å². The second-order valence-corrected chi connectivity index (χ2v) is 8.29. The number of anilines is 1. The molecule has 1 heterocycles. The zero-order valence-corrected chi connectivity index (χ0v) is 19.2. The van der Waals surface area contributed by atoms with Crippen molar-refractivity contribution in [3.05, 3.63) is 103 Å². The number of carbonyl (C=O) groups excluding carboxylic acids is 2. The van der Waals surface area contributed by atoms with Gasteiger partial charge >= 0.3 is 5.69 Å². The number of hydrazine groups is 1. The highest BCUT2D eigenvalue weighted by Gasteiger charge is 2.34. The topological polar surface area (TPSA) is 102 Å². The SMILES string of the molecule is O=C1NN(c2ccccc2)C(=O)/C1=C\c1cc(Br)c(OCc2ccc(Cl)cc2)c([N+](=O)[O-])c1. The summed E-state index contributed by atoms with van der Waals surface area (Å²) in [5.41, 5.74) is 3.61. The zero-order valence-electron chi connectivity index (χ0n) is 16.8. The maximum Gasteiger partial charge on any atom is 0.312 e. The number of nitrogens with zero attached hydrogens (tertiary/aromatic N) is 2. The minimum atomic E-state index is -0.606. The molecule has 0 atom stereocenters. The molecule has 0 unspecified atom stereocenters. The van der Waals surface area contributed by atoms with Crippen LogP contribution in [0.1, 0.15) is 11.1 Å². The Hall–Kier alpha value is -3.69. The van der Waals surface area contributed by atoms with Gasteiger partial charge in [-0.15, -0.1) is 0 Å². The van der Waals surface area contributed by atoms with Crippen LogP contribution in [0.25, 0.3) is 6.08 Å². The van der Waals surface area contributed by atoms with Crippen molar-refractivity contribution < 1.29 is 19.2 Å². The first kappa shape index (κ1) is 22.5. The van der Waals surface area contributed by atoms with Crippen molar-refractivity contribution in [3.63, 3.8) is 0 Å². The van der Waals surface area contributed by atoms with Crippen molar-refractivity contribution in [1.82, 2.24) is 5.43 Å². The van der Waals surface area contributed by atoms with Crippen LogP contribution >= 0.6 is 27.5 Å². The van der Waals surface area contributed by atoms with Gasteiger partial charge in [-0.3, -0.25) is 25.1 Å². The van der Waals surface area contributed by atoms with E-state index in [0.717, 1.165) is 10.6 Å². The van der Waals surface area contributed by atoms with Crippen molar-refractivity contribution in [2.24, 2.45) is 0 Å². The van der Waals surface area contributed by atoms with Gasteiger partial charge in [0, 0.05) is 11.1 Å². The monoisotopic (exact) mass is 527 g/mol. The molecule has 0 radical (unpaired) electrons. The molecule has 8 nitrogen and oxygen atoms in total. The summed E-state index contributed by atoms with van der Waals surface area (Å²) < 4.78 is 6.00. The van der Waals surface area contributed by atoms with E-state index in [0.29, 0.717) is 20.7 Å². The lowest BCUT2D eigenvalue weighted by molar-refractivity contribution is -0.386. The smallest absolute Gasteiger partial charge is 0.312 e. The summed E-state index contributed by atoms with van der Waals surface area (Å²) in [5, 5.41) is 13.4. The number of amides is 2. The Bertz CT molecular complexity index is 1280. The van der Waals surface area contributed by atoms with Gasteiger partial charge in [-0.05, 0) is 63.5 Å².